The van der Waals surface area contributed by atoms with Crippen LogP contribution in [0, 0.1) is 0 Å². The molecule has 0 aliphatic heterocycles. The van der Waals surface area contributed by atoms with Crippen LogP contribution < -0.4 is 10.1 Å². The SMILES string of the molecule is COc1ccccc1C(C)NCc1cc2ccccc2o1. The molecule has 1 N–H and O–H groups in total. The molecule has 0 amide bonds. The lowest BCUT2D eigenvalue weighted by Gasteiger charge is -2.16. The van der Waals surface area contributed by atoms with E-state index >= 15 is 0 Å². The maximum Gasteiger partial charge on any atom is 0.134 e. The van der Waals surface area contributed by atoms with Crippen LogP contribution in [0.2, 0.25) is 0 Å². The molecule has 0 saturated carbocycles. The fourth-order valence-corrected chi connectivity index (χ4v) is 2.51. The summed E-state index contributed by atoms with van der Waals surface area (Å²) in [4.78, 5) is 0. The van der Waals surface area contributed by atoms with Gasteiger partial charge in [0, 0.05) is 17.0 Å². The molecule has 108 valence electrons. The van der Waals surface area contributed by atoms with Crippen LogP contribution >= 0.6 is 0 Å². The van der Waals surface area contributed by atoms with Crippen LogP contribution in [0.5, 0.6) is 5.75 Å². The number of fused-ring (bicyclic) bond motifs is 1. The van der Waals surface area contributed by atoms with Crippen LogP contribution in [-0.4, -0.2) is 7.11 Å². The number of rotatable bonds is 5. The molecule has 2 aromatic carbocycles. The number of methoxy groups -OCH3 is 1. The predicted molar refractivity (Wildman–Crippen MR) is 84.5 cm³/mol. The van der Waals surface area contributed by atoms with Crippen LogP contribution in [0.15, 0.2) is 59.0 Å². The van der Waals surface area contributed by atoms with Gasteiger partial charge in [0.15, 0.2) is 0 Å². The number of furan rings is 1. The topological polar surface area (TPSA) is 34.4 Å². The maximum atomic E-state index is 5.82. The second-order valence-corrected chi connectivity index (χ2v) is 5.10. The summed E-state index contributed by atoms with van der Waals surface area (Å²) in [5, 5.41) is 4.62. The normalized spacial score (nSPS) is 12.5. The number of hydrogen-bond acceptors (Lipinski definition) is 3. The quantitative estimate of drug-likeness (QED) is 0.757. The molecule has 3 rings (SSSR count). The van der Waals surface area contributed by atoms with Gasteiger partial charge in [0.05, 0.1) is 13.7 Å². The van der Waals surface area contributed by atoms with Crippen LogP contribution in [0.4, 0.5) is 0 Å². The first-order chi connectivity index (χ1) is 10.3. The highest BCUT2D eigenvalue weighted by molar-refractivity contribution is 5.77. The smallest absolute Gasteiger partial charge is 0.134 e. The Morgan fingerprint density at radius 3 is 2.67 bits per heavy atom. The van der Waals surface area contributed by atoms with Gasteiger partial charge in [-0.3, -0.25) is 0 Å². The van der Waals surface area contributed by atoms with Gasteiger partial charge in [-0.25, -0.2) is 0 Å². The molecule has 0 aliphatic rings. The highest BCUT2D eigenvalue weighted by Gasteiger charge is 2.11. The first-order valence-electron chi connectivity index (χ1n) is 7.11. The van der Waals surface area contributed by atoms with Crippen LogP contribution in [0.1, 0.15) is 24.3 Å². The van der Waals surface area contributed by atoms with Crippen molar-refractivity contribution >= 4 is 11.0 Å². The summed E-state index contributed by atoms with van der Waals surface area (Å²) in [6.07, 6.45) is 0. The van der Waals surface area contributed by atoms with E-state index in [2.05, 4.69) is 30.4 Å². The Balaban J connectivity index is 1.72. The van der Waals surface area contributed by atoms with E-state index in [0.717, 1.165) is 28.0 Å². The molecule has 21 heavy (non-hydrogen) atoms. The highest BCUT2D eigenvalue weighted by Crippen LogP contribution is 2.25. The summed E-state index contributed by atoms with van der Waals surface area (Å²) in [6, 6.07) is 18.4. The fraction of sp³-hybridized carbons (Fsp3) is 0.222. The Morgan fingerprint density at radius 1 is 1.10 bits per heavy atom. The van der Waals surface area contributed by atoms with Crippen molar-refractivity contribution in [2.75, 3.05) is 7.11 Å². The monoisotopic (exact) mass is 281 g/mol. The minimum Gasteiger partial charge on any atom is -0.496 e. The zero-order valence-electron chi connectivity index (χ0n) is 12.3. The molecule has 0 fully saturated rings. The van der Waals surface area contributed by atoms with E-state index in [1.165, 1.54) is 0 Å². The summed E-state index contributed by atoms with van der Waals surface area (Å²) in [7, 11) is 1.70. The summed E-state index contributed by atoms with van der Waals surface area (Å²) in [6.45, 7) is 2.81. The molecule has 0 saturated heterocycles. The third-order valence-electron chi connectivity index (χ3n) is 3.66. The minimum atomic E-state index is 0.189. The molecule has 0 spiro atoms. The van der Waals surface area contributed by atoms with Crippen molar-refractivity contribution in [1.82, 2.24) is 5.32 Å². The summed E-state index contributed by atoms with van der Waals surface area (Å²) >= 11 is 0. The van der Waals surface area contributed by atoms with Crippen LogP contribution in [-0.2, 0) is 6.54 Å². The molecule has 3 nitrogen and oxygen atoms in total. The van der Waals surface area contributed by atoms with E-state index in [1.807, 2.05) is 36.4 Å². The van der Waals surface area contributed by atoms with Gasteiger partial charge in [-0.15, -0.1) is 0 Å². The van der Waals surface area contributed by atoms with Gasteiger partial charge < -0.3 is 14.5 Å². The second kappa shape index (κ2) is 6.02. The van der Waals surface area contributed by atoms with E-state index in [-0.39, 0.29) is 6.04 Å². The third kappa shape index (κ3) is 2.93. The van der Waals surface area contributed by atoms with Gasteiger partial charge in [0.25, 0.3) is 0 Å². The maximum absolute atomic E-state index is 5.82. The van der Waals surface area contributed by atoms with Gasteiger partial charge in [0.1, 0.15) is 17.1 Å². The van der Waals surface area contributed by atoms with E-state index < -0.39 is 0 Å². The number of hydrogen-bond donors (Lipinski definition) is 1. The Hall–Kier alpha value is -2.26. The molecular formula is C18H19NO2. The molecule has 1 atom stereocenters. The zero-order valence-corrected chi connectivity index (χ0v) is 12.3. The van der Waals surface area contributed by atoms with E-state index in [4.69, 9.17) is 9.15 Å². The summed E-state index contributed by atoms with van der Waals surface area (Å²) in [5.74, 6) is 1.85. The van der Waals surface area contributed by atoms with Crippen molar-refractivity contribution < 1.29 is 9.15 Å². The predicted octanol–water partition coefficient (Wildman–Crippen LogP) is 4.29. The average Bonchev–Trinajstić information content (AvgIpc) is 2.95. The average molecular weight is 281 g/mol. The van der Waals surface area contributed by atoms with Crippen molar-refractivity contribution in [2.24, 2.45) is 0 Å². The number of nitrogens with one attached hydrogen (secondary N) is 1. The molecule has 0 aliphatic carbocycles. The summed E-state index contributed by atoms with van der Waals surface area (Å²) < 4.78 is 11.2. The van der Waals surface area contributed by atoms with Crippen molar-refractivity contribution in [2.45, 2.75) is 19.5 Å². The Kier molecular flexibility index (Phi) is 3.93. The lowest BCUT2D eigenvalue weighted by atomic mass is 10.1. The largest absolute Gasteiger partial charge is 0.496 e. The minimum absolute atomic E-state index is 0.189. The lowest BCUT2D eigenvalue weighted by Crippen LogP contribution is -2.18. The Bertz CT molecular complexity index is 700. The molecule has 3 aromatic rings. The number of ether oxygens (including phenoxy) is 1. The summed E-state index contributed by atoms with van der Waals surface area (Å²) in [5.41, 5.74) is 2.08. The van der Waals surface area contributed by atoms with Crippen molar-refractivity contribution in [3.05, 3.63) is 65.9 Å². The van der Waals surface area contributed by atoms with Gasteiger partial charge in [-0.1, -0.05) is 36.4 Å². The van der Waals surface area contributed by atoms with Gasteiger partial charge in [-0.2, -0.15) is 0 Å². The third-order valence-corrected chi connectivity index (χ3v) is 3.66. The van der Waals surface area contributed by atoms with E-state index in [1.54, 1.807) is 7.11 Å². The zero-order chi connectivity index (χ0) is 14.7. The Morgan fingerprint density at radius 2 is 1.86 bits per heavy atom. The fourth-order valence-electron chi connectivity index (χ4n) is 2.51. The van der Waals surface area contributed by atoms with E-state index in [0.29, 0.717) is 6.54 Å². The Labute approximate surface area is 124 Å². The molecule has 0 radical (unpaired) electrons. The second-order valence-electron chi connectivity index (χ2n) is 5.10. The van der Waals surface area contributed by atoms with Crippen LogP contribution in [0.3, 0.4) is 0 Å². The first-order valence-corrected chi connectivity index (χ1v) is 7.11. The lowest BCUT2D eigenvalue weighted by molar-refractivity contribution is 0.399. The molecule has 3 heteroatoms. The standard InChI is InChI=1S/C18H19NO2/c1-13(16-8-4-6-10-18(16)20-2)19-12-15-11-14-7-3-5-9-17(14)21-15/h3-11,13,19H,12H2,1-2H3. The van der Waals surface area contributed by atoms with Gasteiger partial charge >= 0.3 is 0 Å². The van der Waals surface area contributed by atoms with Crippen molar-refractivity contribution in [3.8, 4) is 5.75 Å². The molecule has 0 bridgehead atoms. The number of benzene rings is 2. The molecular weight excluding hydrogens is 262 g/mol. The molecule has 1 unspecified atom stereocenters. The molecule has 1 aromatic heterocycles. The van der Waals surface area contributed by atoms with E-state index in [9.17, 15) is 0 Å². The first kappa shape index (κ1) is 13.7. The van der Waals surface area contributed by atoms with Gasteiger partial charge in [-0.05, 0) is 25.1 Å². The van der Waals surface area contributed by atoms with Crippen molar-refractivity contribution in [3.63, 3.8) is 0 Å². The molecule has 1 heterocycles. The number of para-hydroxylation sites is 2. The van der Waals surface area contributed by atoms with Gasteiger partial charge in [0.2, 0.25) is 0 Å². The van der Waals surface area contributed by atoms with Crippen molar-refractivity contribution in [1.29, 1.82) is 0 Å². The van der Waals surface area contributed by atoms with Crippen LogP contribution in [0.25, 0.3) is 11.0 Å². The highest BCUT2D eigenvalue weighted by atomic mass is 16.5.